The topological polar surface area (TPSA) is 41.3 Å². The van der Waals surface area contributed by atoms with Crippen LogP contribution in [0, 0.1) is 0 Å². The van der Waals surface area contributed by atoms with Crippen LogP contribution in [0.25, 0.3) is 0 Å². The standard InChI is InChI=1S/C13H21N3O/c1-15-7-3-2-5-11(15)10-9-16-8-4-6-12(17)13(16)14-10/h9,11-12,17H,2-8H2,1H3. The number of hydrogen-bond donors (Lipinski definition) is 1. The van der Waals surface area contributed by atoms with Crippen LogP contribution in [0.1, 0.15) is 55.8 Å². The zero-order valence-electron chi connectivity index (χ0n) is 10.5. The maximum absolute atomic E-state index is 9.94. The SMILES string of the molecule is CN1CCCCC1c1cn2c(n1)C(O)CCC2. The number of aromatic nitrogens is 2. The predicted octanol–water partition coefficient (Wildman–Crippen LogP) is 1.87. The molecule has 0 aromatic carbocycles. The first kappa shape index (κ1) is 11.2. The van der Waals surface area contributed by atoms with Crippen molar-refractivity contribution in [1.29, 1.82) is 0 Å². The Balaban J connectivity index is 1.88. The van der Waals surface area contributed by atoms with Crippen LogP contribution < -0.4 is 0 Å². The Bertz CT molecular complexity index is 401. The number of fused-ring (bicyclic) bond motifs is 1. The van der Waals surface area contributed by atoms with Gasteiger partial charge >= 0.3 is 0 Å². The summed E-state index contributed by atoms with van der Waals surface area (Å²) in [6, 6.07) is 0.453. The van der Waals surface area contributed by atoms with Crippen molar-refractivity contribution in [3.05, 3.63) is 17.7 Å². The van der Waals surface area contributed by atoms with E-state index in [1.807, 2.05) is 0 Å². The predicted molar refractivity (Wildman–Crippen MR) is 65.6 cm³/mol. The van der Waals surface area contributed by atoms with Gasteiger partial charge in [0, 0.05) is 12.7 Å². The zero-order valence-corrected chi connectivity index (χ0v) is 10.5. The average Bonchev–Trinajstić information content (AvgIpc) is 2.75. The van der Waals surface area contributed by atoms with Gasteiger partial charge in [-0.15, -0.1) is 0 Å². The minimum Gasteiger partial charge on any atom is -0.385 e. The molecule has 1 fully saturated rings. The van der Waals surface area contributed by atoms with Crippen molar-refractivity contribution in [2.45, 2.75) is 50.8 Å². The number of nitrogens with zero attached hydrogens (tertiary/aromatic N) is 3. The molecule has 4 nitrogen and oxygen atoms in total. The third kappa shape index (κ3) is 2.00. The molecule has 2 aliphatic heterocycles. The molecule has 0 saturated carbocycles. The summed E-state index contributed by atoms with van der Waals surface area (Å²) in [5, 5.41) is 9.94. The molecule has 0 radical (unpaired) electrons. The second-order valence-electron chi connectivity index (χ2n) is 5.37. The van der Waals surface area contributed by atoms with Crippen LogP contribution in [0.15, 0.2) is 6.20 Å². The summed E-state index contributed by atoms with van der Waals surface area (Å²) in [6.07, 6.45) is 7.50. The second kappa shape index (κ2) is 4.42. The summed E-state index contributed by atoms with van der Waals surface area (Å²) in [5.41, 5.74) is 1.16. The molecule has 4 heteroatoms. The molecule has 2 atom stereocenters. The molecule has 1 saturated heterocycles. The first-order chi connectivity index (χ1) is 8.25. The molecular formula is C13H21N3O. The van der Waals surface area contributed by atoms with E-state index >= 15 is 0 Å². The highest BCUT2D eigenvalue weighted by Crippen LogP contribution is 2.32. The molecule has 1 aromatic rings. The summed E-state index contributed by atoms with van der Waals surface area (Å²) in [6.45, 7) is 2.17. The van der Waals surface area contributed by atoms with Gasteiger partial charge in [0.15, 0.2) is 0 Å². The summed E-state index contributed by atoms with van der Waals surface area (Å²) < 4.78 is 2.14. The number of aliphatic hydroxyl groups excluding tert-OH is 1. The van der Waals surface area contributed by atoms with Crippen molar-refractivity contribution in [2.24, 2.45) is 0 Å². The number of piperidine rings is 1. The molecule has 3 rings (SSSR count). The molecule has 0 aliphatic carbocycles. The smallest absolute Gasteiger partial charge is 0.138 e. The fraction of sp³-hybridized carbons (Fsp3) is 0.769. The fourth-order valence-electron chi connectivity index (χ4n) is 3.09. The van der Waals surface area contributed by atoms with E-state index in [2.05, 4.69) is 27.7 Å². The van der Waals surface area contributed by atoms with Gasteiger partial charge in [-0.1, -0.05) is 6.42 Å². The van der Waals surface area contributed by atoms with Gasteiger partial charge in [0.25, 0.3) is 0 Å². The van der Waals surface area contributed by atoms with Gasteiger partial charge in [0.05, 0.1) is 11.7 Å². The molecule has 0 spiro atoms. The Labute approximate surface area is 102 Å². The number of aryl methyl sites for hydroxylation is 1. The Morgan fingerprint density at radius 2 is 2.12 bits per heavy atom. The molecule has 17 heavy (non-hydrogen) atoms. The molecule has 1 N–H and O–H groups in total. The number of hydrogen-bond acceptors (Lipinski definition) is 3. The maximum Gasteiger partial charge on any atom is 0.138 e. The van der Waals surface area contributed by atoms with E-state index in [1.54, 1.807) is 0 Å². The minimum atomic E-state index is -0.355. The Morgan fingerprint density at radius 1 is 1.24 bits per heavy atom. The molecule has 94 valence electrons. The van der Waals surface area contributed by atoms with Crippen LogP contribution >= 0.6 is 0 Å². The van der Waals surface area contributed by atoms with Crippen molar-refractivity contribution < 1.29 is 5.11 Å². The third-order valence-corrected chi connectivity index (χ3v) is 4.11. The first-order valence-corrected chi connectivity index (χ1v) is 6.71. The number of aliphatic hydroxyl groups is 1. The molecule has 1 aromatic heterocycles. The normalized spacial score (nSPS) is 30.2. The zero-order chi connectivity index (χ0) is 11.8. The monoisotopic (exact) mass is 235 g/mol. The second-order valence-corrected chi connectivity index (χ2v) is 5.37. The van der Waals surface area contributed by atoms with E-state index in [0.29, 0.717) is 6.04 Å². The molecule has 2 unspecified atom stereocenters. The van der Waals surface area contributed by atoms with E-state index in [9.17, 15) is 5.11 Å². The largest absolute Gasteiger partial charge is 0.385 e. The molecule has 0 bridgehead atoms. The maximum atomic E-state index is 9.94. The van der Waals surface area contributed by atoms with Crippen LogP contribution in [0.3, 0.4) is 0 Å². The molecule has 3 heterocycles. The highest BCUT2D eigenvalue weighted by atomic mass is 16.3. The summed E-state index contributed by atoms with van der Waals surface area (Å²) in [4.78, 5) is 7.07. The highest BCUT2D eigenvalue weighted by Gasteiger charge is 2.27. The van der Waals surface area contributed by atoms with Crippen LogP contribution in [0.4, 0.5) is 0 Å². The lowest BCUT2D eigenvalue weighted by Gasteiger charge is -2.31. The van der Waals surface area contributed by atoms with E-state index in [-0.39, 0.29) is 6.10 Å². The summed E-state index contributed by atoms with van der Waals surface area (Å²) in [7, 11) is 2.18. The number of imidazole rings is 1. The lowest BCUT2D eigenvalue weighted by atomic mass is 10.0. The highest BCUT2D eigenvalue weighted by molar-refractivity contribution is 5.13. The number of likely N-dealkylation sites (tertiary alicyclic amines) is 1. The Kier molecular flexibility index (Phi) is 2.92. The van der Waals surface area contributed by atoms with Crippen molar-refractivity contribution in [3.8, 4) is 0 Å². The van der Waals surface area contributed by atoms with E-state index < -0.39 is 0 Å². The van der Waals surface area contributed by atoms with Gasteiger partial charge in [-0.05, 0) is 39.3 Å². The van der Waals surface area contributed by atoms with Crippen LogP contribution in [-0.4, -0.2) is 33.1 Å². The van der Waals surface area contributed by atoms with Crippen LogP contribution in [0.2, 0.25) is 0 Å². The summed E-state index contributed by atoms with van der Waals surface area (Å²) >= 11 is 0. The lowest BCUT2D eigenvalue weighted by molar-refractivity contribution is 0.133. The fourth-order valence-corrected chi connectivity index (χ4v) is 3.09. The van der Waals surface area contributed by atoms with Gasteiger partial charge < -0.3 is 9.67 Å². The molecular weight excluding hydrogens is 214 g/mol. The van der Waals surface area contributed by atoms with E-state index in [4.69, 9.17) is 0 Å². The van der Waals surface area contributed by atoms with Gasteiger partial charge in [0.2, 0.25) is 0 Å². The van der Waals surface area contributed by atoms with Crippen LogP contribution in [0.5, 0.6) is 0 Å². The molecule has 0 amide bonds. The van der Waals surface area contributed by atoms with E-state index in [1.165, 1.54) is 19.3 Å². The third-order valence-electron chi connectivity index (χ3n) is 4.11. The van der Waals surface area contributed by atoms with Crippen molar-refractivity contribution >= 4 is 0 Å². The first-order valence-electron chi connectivity index (χ1n) is 6.71. The molecule has 2 aliphatic rings. The van der Waals surface area contributed by atoms with Gasteiger partial charge in [-0.25, -0.2) is 4.98 Å². The van der Waals surface area contributed by atoms with Crippen LogP contribution in [-0.2, 0) is 6.54 Å². The number of rotatable bonds is 1. The van der Waals surface area contributed by atoms with Gasteiger partial charge in [-0.3, -0.25) is 4.90 Å². The quantitative estimate of drug-likeness (QED) is 0.808. The lowest BCUT2D eigenvalue weighted by Crippen LogP contribution is -2.29. The van der Waals surface area contributed by atoms with Crippen molar-refractivity contribution in [2.75, 3.05) is 13.6 Å². The van der Waals surface area contributed by atoms with Gasteiger partial charge in [-0.2, -0.15) is 0 Å². The van der Waals surface area contributed by atoms with E-state index in [0.717, 1.165) is 37.4 Å². The van der Waals surface area contributed by atoms with Gasteiger partial charge in [0.1, 0.15) is 11.9 Å². The Hall–Kier alpha value is -0.870. The Morgan fingerprint density at radius 3 is 2.88 bits per heavy atom. The average molecular weight is 235 g/mol. The minimum absolute atomic E-state index is 0.355. The van der Waals surface area contributed by atoms with Crippen molar-refractivity contribution in [1.82, 2.24) is 14.5 Å². The summed E-state index contributed by atoms with van der Waals surface area (Å²) in [5.74, 6) is 0.880. The van der Waals surface area contributed by atoms with Crippen molar-refractivity contribution in [3.63, 3.8) is 0 Å².